The number of rotatable bonds is 5. The zero-order chi connectivity index (χ0) is 18.0. The smallest absolute Gasteiger partial charge is 0.231 e. The van der Waals surface area contributed by atoms with Crippen LogP contribution in [0.3, 0.4) is 0 Å². The molecule has 0 aliphatic carbocycles. The highest BCUT2D eigenvalue weighted by atomic mass is 32.2. The molecule has 0 N–H and O–H groups in total. The van der Waals surface area contributed by atoms with Gasteiger partial charge >= 0.3 is 0 Å². The minimum Gasteiger partial charge on any atom is -0.494 e. The molecule has 0 aliphatic rings. The van der Waals surface area contributed by atoms with Gasteiger partial charge in [-0.3, -0.25) is 0 Å². The molecule has 0 atom stereocenters. The predicted octanol–water partition coefficient (Wildman–Crippen LogP) is 2.88. The van der Waals surface area contributed by atoms with Crippen LogP contribution in [-0.2, 0) is 16.3 Å². The molecule has 0 radical (unpaired) electrons. The van der Waals surface area contributed by atoms with Crippen molar-refractivity contribution in [3.05, 3.63) is 59.7 Å². The maximum atomic E-state index is 13.7. The standard InChI is InChI=1S/C17H15FN2O4S/c1-23-15-8-3-11(9-14(15)18)10-16-19-17(20-24-16)12-4-6-13(7-5-12)25(2,21)22/h3-9H,10H2,1-2H3. The quantitative estimate of drug-likeness (QED) is 0.694. The first-order valence-electron chi connectivity index (χ1n) is 7.32. The van der Waals surface area contributed by atoms with Crippen molar-refractivity contribution in [2.24, 2.45) is 0 Å². The Bertz CT molecular complexity index is 998. The average Bonchev–Trinajstić information content (AvgIpc) is 3.03. The third-order valence-corrected chi connectivity index (χ3v) is 4.71. The van der Waals surface area contributed by atoms with Crippen LogP contribution in [0.25, 0.3) is 11.4 Å². The monoisotopic (exact) mass is 362 g/mol. The molecular weight excluding hydrogens is 347 g/mol. The fourth-order valence-electron chi connectivity index (χ4n) is 2.29. The lowest BCUT2D eigenvalue weighted by Crippen LogP contribution is -1.96. The molecule has 8 heteroatoms. The lowest BCUT2D eigenvalue weighted by Gasteiger charge is -2.03. The second-order valence-corrected chi connectivity index (χ2v) is 7.47. The normalized spacial score (nSPS) is 11.5. The van der Waals surface area contributed by atoms with Crippen LogP contribution in [0.2, 0.25) is 0 Å². The molecule has 0 saturated heterocycles. The summed E-state index contributed by atoms with van der Waals surface area (Å²) in [5.41, 5.74) is 1.30. The Morgan fingerprint density at radius 3 is 2.48 bits per heavy atom. The number of nitrogens with zero attached hydrogens (tertiary/aromatic N) is 2. The summed E-state index contributed by atoms with van der Waals surface area (Å²) in [6.07, 6.45) is 1.41. The molecule has 1 heterocycles. The zero-order valence-electron chi connectivity index (χ0n) is 13.6. The number of aromatic nitrogens is 2. The summed E-state index contributed by atoms with van der Waals surface area (Å²) in [5, 5.41) is 3.88. The first-order valence-corrected chi connectivity index (χ1v) is 9.21. The number of sulfone groups is 1. The van der Waals surface area contributed by atoms with Gasteiger partial charge in [-0.25, -0.2) is 12.8 Å². The fraction of sp³-hybridized carbons (Fsp3) is 0.176. The van der Waals surface area contributed by atoms with Crippen molar-refractivity contribution < 1.29 is 22.1 Å². The summed E-state index contributed by atoms with van der Waals surface area (Å²) in [4.78, 5) is 4.48. The Balaban J connectivity index is 1.79. The molecule has 3 aromatic rings. The summed E-state index contributed by atoms with van der Waals surface area (Å²) >= 11 is 0. The highest BCUT2D eigenvalue weighted by Crippen LogP contribution is 2.22. The maximum absolute atomic E-state index is 13.7. The summed E-state index contributed by atoms with van der Waals surface area (Å²) in [5.74, 6) is 0.368. The van der Waals surface area contributed by atoms with E-state index in [-0.39, 0.29) is 17.1 Å². The van der Waals surface area contributed by atoms with Gasteiger partial charge in [-0.1, -0.05) is 11.2 Å². The fourth-order valence-corrected chi connectivity index (χ4v) is 2.92. The van der Waals surface area contributed by atoms with E-state index in [9.17, 15) is 12.8 Å². The molecule has 25 heavy (non-hydrogen) atoms. The van der Waals surface area contributed by atoms with E-state index in [0.717, 1.165) is 6.26 Å². The van der Waals surface area contributed by atoms with Gasteiger partial charge in [0.15, 0.2) is 21.4 Å². The topological polar surface area (TPSA) is 82.3 Å². The van der Waals surface area contributed by atoms with Crippen molar-refractivity contribution in [1.82, 2.24) is 10.1 Å². The van der Waals surface area contributed by atoms with Gasteiger partial charge in [0, 0.05) is 11.8 Å². The molecule has 0 amide bonds. The third-order valence-electron chi connectivity index (χ3n) is 3.58. The lowest BCUT2D eigenvalue weighted by atomic mass is 10.1. The summed E-state index contributed by atoms with van der Waals surface area (Å²) in [6.45, 7) is 0. The van der Waals surface area contributed by atoms with Crippen LogP contribution in [0.15, 0.2) is 51.9 Å². The number of halogens is 1. The van der Waals surface area contributed by atoms with Crippen molar-refractivity contribution in [2.45, 2.75) is 11.3 Å². The van der Waals surface area contributed by atoms with Crippen LogP contribution in [0.1, 0.15) is 11.5 Å². The van der Waals surface area contributed by atoms with Crippen LogP contribution in [0.4, 0.5) is 4.39 Å². The van der Waals surface area contributed by atoms with Gasteiger partial charge in [0.05, 0.1) is 18.4 Å². The van der Waals surface area contributed by atoms with E-state index in [1.807, 2.05) is 0 Å². The third kappa shape index (κ3) is 3.85. The first-order chi connectivity index (χ1) is 11.9. The van der Waals surface area contributed by atoms with E-state index >= 15 is 0 Å². The van der Waals surface area contributed by atoms with E-state index in [2.05, 4.69) is 10.1 Å². The van der Waals surface area contributed by atoms with Gasteiger partial charge in [0.1, 0.15) is 0 Å². The molecule has 0 bridgehead atoms. The Morgan fingerprint density at radius 2 is 1.88 bits per heavy atom. The van der Waals surface area contributed by atoms with E-state index in [0.29, 0.717) is 22.8 Å². The van der Waals surface area contributed by atoms with Crippen molar-refractivity contribution in [3.63, 3.8) is 0 Å². The van der Waals surface area contributed by atoms with E-state index < -0.39 is 15.7 Å². The summed E-state index contributed by atoms with van der Waals surface area (Å²) < 4.78 is 46.7. The molecule has 0 spiro atoms. The second kappa shape index (κ2) is 6.64. The molecular formula is C17H15FN2O4S. The van der Waals surface area contributed by atoms with Gasteiger partial charge in [-0.15, -0.1) is 0 Å². The van der Waals surface area contributed by atoms with Crippen LogP contribution >= 0.6 is 0 Å². The van der Waals surface area contributed by atoms with Crippen LogP contribution in [0.5, 0.6) is 5.75 Å². The molecule has 2 aromatic carbocycles. The Kier molecular flexibility index (Phi) is 4.54. The molecule has 0 unspecified atom stereocenters. The number of benzene rings is 2. The SMILES string of the molecule is COc1ccc(Cc2nc(-c3ccc(S(C)(=O)=O)cc3)no2)cc1F. The Morgan fingerprint density at radius 1 is 1.16 bits per heavy atom. The van der Waals surface area contributed by atoms with Crippen LogP contribution in [0, 0.1) is 5.82 Å². The number of hydrogen-bond acceptors (Lipinski definition) is 6. The van der Waals surface area contributed by atoms with Gasteiger partial charge in [-0.05, 0) is 42.0 Å². The van der Waals surface area contributed by atoms with E-state index in [1.165, 1.54) is 31.4 Å². The van der Waals surface area contributed by atoms with Crippen molar-refractivity contribution in [3.8, 4) is 17.1 Å². The second-order valence-electron chi connectivity index (χ2n) is 5.45. The highest BCUT2D eigenvalue weighted by molar-refractivity contribution is 7.90. The van der Waals surface area contributed by atoms with Crippen molar-refractivity contribution in [2.75, 3.05) is 13.4 Å². The summed E-state index contributed by atoms with van der Waals surface area (Å²) in [6, 6.07) is 10.8. The van der Waals surface area contributed by atoms with Crippen LogP contribution in [-0.4, -0.2) is 31.9 Å². The lowest BCUT2D eigenvalue weighted by molar-refractivity contribution is 0.381. The molecule has 0 saturated carbocycles. The molecule has 3 rings (SSSR count). The van der Waals surface area contributed by atoms with Crippen molar-refractivity contribution >= 4 is 9.84 Å². The molecule has 6 nitrogen and oxygen atoms in total. The highest BCUT2D eigenvalue weighted by Gasteiger charge is 2.12. The first kappa shape index (κ1) is 17.1. The van der Waals surface area contributed by atoms with Gasteiger partial charge < -0.3 is 9.26 Å². The Hall–Kier alpha value is -2.74. The largest absolute Gasteiger partial charge is 0.494 e. The van der Waals surface area contributed by atoms with Crippen molar-refractivity contribution in [1.29, 1.82) is 0 Å². The minimum absolute atomic E-state index is 0.168. The van der Waals surface area contributed by atoms with Crippen LogP contribution < -0.4 is 4.74 Å². The molecule has 130 valence electrons. The molecule has 1 aromatic heterocycles. The van der Waals surface area contributed by atoms with Gasteiger partial charge in [-0.2, -0.15) is 4.98 Å². The minimum atomic E-state index is -3.26. The van der Waals surface area contributed by atoms with Gasteiger partial charge in [0.25, 0.3) is 0 Å². The summed E-state index contributed by atoms with van der Waals surface area (Å²) in [7, 11) is -1.86. The van der Waals surface area contributed by atoms with E-state index in [4.69, 9.17) is 9.26 Å². The van der Waals surface area contributed by atoms with E-state index in [1.54, 1.807) is 18.2 Å². The molecule has 0 aliphatic heterocycles. The van der Waals surface area contributed by atoms with Gasteiger partial charge in [0.2, 0.25) is 11.7 Å². The predicted molar refractivity (Wildman–Crippen MR) is 88.6 cm³/mol. The average molecular weight is 362 g/mol. The zero-order valence-corrected chi connectivity index (χ0v) is 14.4. The maximum Gasteiger partial charge on any atom is 0.231 e. The number of methoxy groups -OCH3 is 1. The number of ether oxygens (including phenoxy) is 1. The Labute approximate surface area is 144 Å². The molecule has 0 fully saturated rings. The number of hydrogen-bond donors (Lipinski definition) is 0.